The van der Waals surface area contributed by atoms with Gasteiger partial charge in [-0.3, -0.25) is 14.9 Å². The van der Waals surface area contributed by atoms with Gasteiger partial charge in [-0.05, 0) is 31.9 Å². The highest BCUT2D eigenvalue weighted by Crippen LogP contribution is 2.36. The van der Waals surface area contributed by atoms with Crippen molar-refractivity contribution in [1.82, 2.24) is 0 Å². The van der Waals surface area contributed by atoms with Gasteiger partial charge in [0.15, 0.2) is 0 Å². The van der Waals surface area contributed by atoms with E-state index >= 15 is 0 Å². The van der Waals surface area contributed by atoms with Crippen LogP contribution in [0.4, 0.5) is 11.4 Å². The second kappa shape index (κ2) is 5.40. The summed E-state index contributed by atoms with van der Waals surface area (Å²) in [5.41, 5.74) is -0.502. The van der Waals surface area contributed by atoms with E-state index in [2.05, 4.69) is 0 Å². The summed E-state index contributed by atoms with van der Waals surface area (Å²) >= 11 is 0. The molecule has 1 aliphatic rings. The highest BCUT2D eigenvalue weighted by Gasteiger charge is 2.39. The van der Waals surface area contributed by atoms with E-state index in [1.807, 2.05) is 6.07 Å². The average Bonchev–Trinajstić information content (AvgIpc) is 2.46. The van der Waals surface area contributed by atoms with Gasteiger partial charge in [0, 0.05) is 19.2 Å². The largest absolute Gasteiger partial charge is 0.481 e. The predicted molar refractivity (Wildman–Crippen MR) is 75.0 cm³/mol. The molecule has 1 unspecified atom stereocenters. The van der Waals surface area contributed by atoms with Crippen LogP contribution in [0.5, 0.6) is 0 Å². The monoisotopic (exact) mass is 289 g/mol. The molecule has 7 nitrogen and oxygen atoms in total. The van der Waals surface area contributed by atoms with E-state index in [-0.39, 0.29) is 17.8 Å². The first kappa shape index (κ1) is 14.8. The van der Waals surface area contributed by atoms with Crippen LogP contribution in [0.15, 0.2) is 18.2 Å². The number of piperidine rings is 1. The van der Waals surface area contributed by atoms with Gasteiger partial charge >= 0.3 is 5.97 Å². The molecule has 2 rings (SSSR count). The van der Waals surface area contributed by atoms with Gasteiger partial charge in [0.05, 0.1) is 22.0 Å². The molecule has 0 amide bonds. The molecule has 1 atom stereocenters. The molecule has 1 aromatic carbocycles. The fourth-order valence-electron chi connectivity index (χ4n) is 2.63. The fourth-order valence-corrected chi connectivity index (χ4v) is 2.63. The maximum absolute atomic E-state index is 11.4. The predicted octanol–water partition coefficient (Wildman–Crippen LogP) is 2.16. The van der Waals surface area contributed by atoms with Crippen LogP contribution in [-0.4, -0.2) is 29.1 Å². The van der Waals surface area contributed by atoms with Crippen molar-refractivity contribution in [1.29, 1.82) is 5.26 Å². The molecule has 1 aromatic rings. The average molecular weight is 289 g/mol. The van der Waals surface area contributed by atoms with Gasteiger partial charge < -0.3 is 10.0 Å². The molecule has 0 aliphatic carbocycles. The standard InChI is InChI=1S/C14H15N3O4/c1-14(13(18)19)5-2-6-16(9-14)11-4-3-10(8-15)7-12(11)17(20)21/h3-4,7H,2,5-6,9H2,1H3,(H,18,19). The lowest BCUT2D eigenvalue weighted by molar-refractivity contribution is -0.384. The number of carboxylic acids is 1. The van der Waals surface area contributed by atoms with Crippen molar-refractivity contribution >= 4 is 17.3 Å². The number of hydrogen-bond acceptors (Lipinski definition) is 5. The van der Waals surface area contributed by atoms with Gasteiger partial charge in [-0.1, -0.05) is 0 Å². The molecule has 110 valence electrons. The summed E-state index contributed by atoms with van der Waals surface area (Å²) in [4.78, 5) is 23.7. The molecule has 0 radical (unpaired) electrons. The normalized spacial score (nSPS) is 21.6. The Morgan fingerprint density at radius 1 is 1.57 bits per heavy atom. The van der Waals surface area contributed by atoms with Crippen LogP contribution in [0.2, 0.25) is 0 Å². The second-order valence-electron chi connectivity index (χ2n) is 5.46. The van der Waals surface area contributed by atoms with Crippen LogP contribution in [-0.2, 0) is 4.79 Å². The quantitative estimate of drug-likeness (QED) is 0.674. The lowest BCUT2D eigenvalue weighted by atomic mass is 9.82. The maximum atomic E-state index is 11.4. The zero-order valence-electron chi connectivity index (χ0n) is 11.6. The molecule has 0 aromatic heterocycles. The Labute approximate surface area is 121 Å². The number of aliphatic carboxylic acids is 1. The molecule has 0 saturated carbocycles. The molecule has 1 fully saturated rings. The summed E-state index contributed by atoms with van der Waals surface area (Å²) in [5, 5.41) is 29.3. The molecule has 1 aliphatic heterocycles. The van der Waals surface area contributed by atoms with Crippen molar-refractivity contribution in [3.8, 4) is 6.07 Å². The first-order valence-electron chi connectivity index (χ1n) is 6.54. The van der Waals surface area contributed by atoms with Crippen molar-refractivity contribution in [3.05, 3.63) is 33.9 Å². The number of carbonyl (C=O) groups is 1. The van der Waals surface area contributed by atoms with Crippen LogP contribution in [0.1, 0.15) is 25.3 Å². The number of nitro benzene ring substituents is 1. The van der Waals surface area contributed by atoms with E-state index in [0.717, 1.165) is 0 Å². The smallest absolute Gasteiger partial charge is 0.311 e. The molecule has 7 heteroatoms. The third-order valence-corrected chi connectivity index (χ3v) is 3.85. The summed E-state index contributed by atoms with van der Waals surface area (Å²) in [6.45, 7) is 2.43. The zero-order chi connectivity index (χ0) is 15.6. The first-order valence-corrected chi connectivity index (χ1v) is 6.54. The Balaban J connectivity index is 2.40. The zero-order valence-corrected chi connectivity index (χ0v) is 11.6. The van der Waals surface area contributed by atoms with Gasteiger partial charge in [-0.2, -0.15) is 5.26 Å². The minimum Gasteiger partial charge on any atom is -0.481 e. The van der Waals surface area contributed by atoms with Crippen molar-refractivity contribution in [3.63, 3.8) is 0 Å². The summed E-state index contributed by atoms with van der Waals surface area (Å²) in [6.07, 6.45) is 1.20. The van der Waals surface area contributed by atoms with Crippen LogP contribution in [0.25, 0.3) is 0 Å². The van der Waals surface area contributed by atoms with Crippen molar-refractivity contribution in [2.75, 3.05) is 18.0 Å². The van der Waals surface area contributed by atoms with Gasteiger partial charge in [-0.25, -0.2) is 0 Å². The number of rotatable bonds is 3. The third kappa shape index (κ3) is 2.79. The molecule has 0 bridgehead atoms. The number of anilines is 1. The summed E-state index contributed by atoms with van der Waals surface area (Å²) in [7, 11) is 0. The summed E-state index contributed by atoms with van der Waals surface area (Å²) < 4.78 is 0. The van der Waals surface area contributed by atoms with E-state index in [0.29, 0.717) is 25.1 Å². The van der Waals surface area contributed by atoms with Gasteiger partial charge in [-0.15, -0.1) is 0 Å². The molecule has 1 N–H and O–H groups in total. The molecule has 1 heterocycles. The van der Waals surface area contributed by atoms with E-state index < -0.39 is 16.3 Å². The second-order valence-corrected chi connectivity index (χ2v) is 5.46. The molecular weight excluding hydrogens is 274 g/mol. The Morgan fingerprint density at radius 3 is 2.86 bits per heavy atom. The Kier molecular flexibility index (Phi) is 3.80. The first-order chi connectivity index (χ1) is 9.87. The number of carboxylic acid groups (broad SMARTS) is 1. The number of hydrogen-bond donors (Lipinski definition) is 1. The topological polar surface area (TPSA) is 107 Å². The highest BCUT2D eigenvalue weighted by molar-refractivity contribution is 5.76. The van der Waals surface area contributed by atoms with Crippen molar-refractivity contribution in [2.45, 2.75) is 19.8 Å². The minimum atomic E-state index is -0.917. The van der Waals surface area contributed by atoms with Gasteiger partial charge in [0.25, 0.3) is 5.69 Å². The van der Waals surface area contributed by atoms with Crippen LogP contribution in [0, 0.1) is 26.9 Å². The van der Waals surface area contributed by atoms with Crippen molar-refractivity contribution in [2.24, 2.45) is 5.41 Å². The van der Waals surface area contributed by atoms with Gasteiger partial charge in [0.1, 0.15) is 5.69 Å². The summed E-state index contributed by atoms with van der Waals surface area (Å²) in [6, 6.07) is 6.12. The van der Waals surface area contributed by atoms with Gasteiger partial charge in [0.2, 0.25) is 0 Å². The number of nitro groups is 1. The minimum absolute atomic E-state index is 0.163. The van der Waals surface area contributed by atoms with E-state index in [4.69, 9.17) is 5.26 Å². The maximum Gasteiger partial charge on any atom is 0.311 e. The van der Waals surface area contributed by atoms with E-state index in [1.165, 1.54) is 18.2 Å². The highest BCUT2D eigenvalue weighted by atomic mass is 16.6. The molecular formula is C14H15N3O4. The Morgan fingerprint density at radius 2 is 2.29 bits per heavy atom. The lowest BCUT2D eigenvalue weighted by Crippen LogP contribution is -2.46. The molecule has 1 saturated heterocycles. The van der Waals surface area contributed by atoms with Crippen LogP contribution in [0.3, 0.4) is 0 Å². The van der Waals surface area contributed by atoms with Crippen molar-refractivity contribution < 1.29 is 14.8 Å². The third-order valence-electron chi connectivity index (χ3n) is 3.85. The SMILES string of the molecule is CC1(C(=O)O)CCCN(c2ccc(C#N)cc2[N+](=O)[O-])C1. The Hall–Kier alpha value is -2.62. The number of benzene rings is 1. The van der Waals surface area contributed by atoms with Crippen LogP contribution >= 0.6 is 0 Å². The molecule has 0 spiro atoms. The van der Waals surface area contributed by atoms with E-state index in [1.54, 1.807) is 11.8 Å². The Bertz CT molecular complexity index is 638. The summed E-state index contributed by atoms with van der Waals surface area (Å²) in [5.74, 6) is -0.900. The number of nitriles is 1. The van der Waals surface area contributed by atoms with Crippen LogP contribution < -0.4 is 4.90 Å². The fraction of sp³-hybridized carbons (Fsp3) is 0.429. The lowest BCUT2D eigenvalue weighted by Gasteiger charge is -2.38. The van der Waals surface area contributed by atoms with E-state index in [9.17, 15) is 20.0 Å². The number of nitrogens with zero attached hydrogens (tertiary/aromatic N) is 3. The molecule has 21 heavy (non-hydrogen) atoms.